The van der Waals surface area contributed by atoms with E-state index in [4.69, 9.17) is 9.63 Å². The number of carbonyl (C=O) groups excluding carboxylic acids is 1. The van der Waals surface area contributed by atoms with Gasteiger partial charge >= 0.3 is 12.0 Å². The largest absolute Gasteiger partial charge is 0.478 e. The van der Waals surface area contributed by atoms with Crippen molar-refractivity contribution in [2.45, 2.75) is 13.3 Å². The number of nitrogens with one attached hydrogen (secondary N) is 2. The van der Waals surface area contributed by atoms with Gasteiger partial charge in [0, 0.05) is 18.7 Å². The average Bonchev–Trinajstić information content (AvgIpc) is 2.94. The molecule has 1 heterocycles. The summed E-state index contributed by atoms with van der Waals surface area (Å²) in [5.41, 5.74) is 1.33. The SMILES string of the molecule is Cc1ccc(C(=O)O)cc1NC(=O)NCCc1ncno1. The minimum Gasteiger partial charge on any atom is -0.478 e. The smallest absolute Gasteiger partial charge is 0.335 e. The first-order valence-electron chi connectivity index (χ1n) is 6.20. The Labute approximate surface area is 120 Å². The van der Waals surface area contributed by atoms with Crippen LogP contribution in [0, 0.1) is 6.92 Å². The van der Waals surface area contributed by atoms with Crippen molar-refractivity contribution < 1.29 is 19.2 Å². The number of hydrogen-bond donors (Lipinski definition) is 3. The van der Waals surface area contributed by atoms with Crippen LogP contribution in [0.3, 0.4) is 0 Å². The molecule has 1 aromatic heterocycles. The third kappa shape index (κ3) is 4.03. The zero-order chi connectivity index (χ0) is 15.2. The van der Waals surface area contributed by atoms with Gasteiger partial charge in [0.1, 0.15) is 0 Å². The van der Waals surface area contributed by atoms with Crippen LogP contribution < -0.4 is 10.6 Å². The molecule has 0 aliphatic carbocycles. The minimum atomic E-state index is -1.05. The van der Waals surface area contributed by atoms with Crippen molar-refractivity contribution in [2.24, 2.45) is 0 Å². The van der Waals surface area contributed by atoms with Crippen molar-refractivity contribution in [3.05, 3.63) is 41.5 Å². The van der Waals surface area contributed by atoms with Crippen LogP contribution in [0.4, 0.5) is 10.5 Å². The van der Waals surface area contributed by atoms with Crippen LogP contribution in [0.25, 0.3) is 0 Å². The van der Waals surface area contributed by atoms with E-state index in [-0.39, 0.29) is 5.56 Å². The van der Waals surface area contributed by atoms with Gasteiger partial charge in [-0.25, -0.2) is 9.59 Å². The number of aromatic nitrogens is 2. The van der Waals surface area contributed by atoms with E-state index in [1.165, 1.54) is 18.5 Å². The highest BCUT2D eigenvalue weighted by molar-refractivity contribution is 5.93. The molecule has 3 N–H and O–H groups in total. The van der Waals surface area contributed by atoms with Crippen LogP contribution in [0.2, 0.25) is 0 Å². The molecule has 0 saturated carbocycles. The molecule has 0 saturated heterocycles. The van der Waals surface area contributed by atoms with E-state index in [1.807, 2.05) is 0 Å². The van der Waals surface area contributed by atoms with Crippen LogP contribution in [0.15, 0.2) is 29.0 Å². The Morgan fingerprint density at radius 2 is 2.19 bits per heavy atom. The van der Waals surface area contributed by atoms with Gasteiger partial charge in [-0.3, -0.25) is 0 Å². The van der Waals surface area contributed by atoms with Gasteiger partial charge in [-0.15, -0.1) is 0 Å². The van der Waals surface area contributed by atoms with Gasteiger partial charge in [-0.2, -0.15) is 4.98 Å². The Morgan fingerprint density at radius 1 is 1.38 bits per heavy atom. The average molecular weight is 290 g/mol. The summed E-state index contributed by atoms with van der Waals surface area (Å²) in [7, 11) is 0. The summed E-state index contributed by atoms with van der Waals surface area (Å²) in [6.45, 7) is 2.10. The maximum atomic E-state index is 11.7. The standard InChI is InChI=1S/C13H14N4O4/c1-8-2-3-9(12(18)19)6-10(8)17-13(20)14-5-4-11-15-7-16-21-11/h2-3,6-7H,4-5H2,1H3,(H,18,19)(H2,14,17,20). The number of anilines is 1. The summed E-state index contributed by atoms with van der Waals surface area (Å²) in [6.07, 6.45) is 1.71. The molecular weight excluding hydrogens is 276 g/mol. The molecule has 0 fully saturated rings. The fraction of sp³-hybridized carbons (Fsp3) is 0.231. The fourth-order valence-corrected chi connectivity index (χ4v) is 1.65. The van der Waals surface area contributed by atoms with E-state index in [0.717, 1.165) is 5.56 Å². The third-order valence-corrected chi connectivity index (χ3v) is 2.76. The second-order valence-electron chi connectivity index (χ2n) is 4.30. The predicted octanol–water partition coefficient (Wildman–Crippen LogP) is 1.44. The lowest BCUT2D eigenvalue weighted by molar-refractivity contribution is 0.0697. The van der Waals surface area contributed by atoms with Crippen molar-refractivity contribution in [1.29, 1.82) is 0 Å². The molecule has 2 amide bonds. The third-order valence-electron chi connectivity index (χ3n) is 2.76. The monoisotopic (exact) mass is 290 g/mol. The number of benzene rings is 1. The molecule has 0 radical (unpaired) electrons. The summed E-state index contributed by atoms with van der Waals surface area (Å²) in [5.74, 6) is -0.616. The summed E-state index contributed by atoms with van der Waals surface area (Å²) >= 11 is 0. The topological polar surface area (TPSA) is 117 Å². The Morgan fingerprint density at radius 3 is 2.86 bits per heavy atom. The molecule has 110 valence electrons. The molecule has 0 aliphatic rings. The highest BCUT2D eigenvalue weighted by atomic mass is 16.5. The Hall–Kier alpha value is -2.90. The molecule has 21 heavy (non-hydrogen) atoms. The summed E-state index contributed by atoms with van der Waals surface area (Å²) < 4.78 is 4.80. The first-order chi connectivity index (χ1) is 10.1. The quantitative estimate of drug-likeness (QED) is 0.767. The first kappa shape index (κ1) is 14.5. The zero-order valence-corrected chi connectivity index (χ0v) is 11.3. The lowest BCUT2D eigenvalue weighted by atomic mass is 10.1. The second-order valence-corrected chi connectivity index (χ2v) is 4.30. The molecule has 0 bridgehead atoms. The van der Waals surface area contributed by atoms with Crippen LogP contribution in [0.5, 0.6) is 0 Å². The van der Waals surface area contributed by atoms with Crippen molar-refractivity contribution in [2.75, 3.05) is 11.9 Å². The number of rotatable bonds is 5. The molecule has 8 heteroatoms. The van der Waals surface area contributed by atoms with Crippen LogP contribution >= 0.6 is 0 Å². The highest BCUT2D eigenvalue weighted by Crippen LogP contribution is 2.16. The summed E-state index contributed by atoms with van der Waals surface area (Å²) in [4.78, 5) is 26.5. The van der Waals surface area contributed by atoms with E-state index >= 15 is 0 Å². The van der Waals surface area contributed by atoms with E-state index < -0.39 is 12.0 Å². The number of carbonyl (C=O) groups is 2. The zero-order valence-electron chi connectivity index (χ0n) is 11.3. The van der Waals surface area contributed by atoms with E-state index in [1.54, 1.807) is 13.0 Å². The Kier molecular flexibility index (Phi) is 4.50. The van der Waals surface area contributed by atoms with Crippen LogP contribution in [-0.4, -0.2) is 33.8 Å². The number of nitrogens with zero attached hydrogens (tertiary/aromatic N) is 2. The van der Waals surface area contributed by atoms with E-state index in [9.17, 15) is 9.59 Å². The van der Waals surface area contributed by atoms with Crippen molar-refractivity contribution in [3.8, 4) is 0 Å². The van der Waals surface area contributed by atoms with Gasteiger partial charge in [0.25, 0.3) is 0 Å². The van der Waals surface area contributed by atoms with E-state index in [2.05, 4.69) is 20.8 Å². The summed E-state index contributed by atoms with van der Waals surface area (Å²) in [6, 6.07) is 4.10. The molecule has 0 aliphatic heterocycles. The predicted molar refractivity (Wildman–Crippen MR) is 73.2 cm³/mol. The van der Waals surface area contributed by atoms with Crippen LogP contribution in [0.1, 0.15) is 21.8 Å². The van der Waals surface area contributed by atoms with Gasteiger partial charge in [-0.05, 0) is 24.6 Å². The number of amides is 2. The lowest BCUT2D eigenvalue weighted by Gasteiger charge is -2.10. The van der Waals surface area contributed by atoms with Gasteiger partial charge in [-0.1, -0.05) is 11.2 Å². The van der Waals surface area contributed by atoms with Crippen molar-refractivity contribution in [1.82, 2.24) is 15.5 Å². The van der Waals surface area contributed by atoms with Crippen molar-refractivity contribution >= 4 is 17.7 Å². The van der Waals surface area contributed by atoms with Crippen LogP contribution in [-0.2, 0) is 6.42 Å². The lowest BCUT2D eigenvalue weighted by Crippen LogP contribution is -2.30. The van der Waals surface area contributed by atoms with Gasteiger partial charge in [0.05, 0.1) is 5.56 Å². The van der Waals surface area contributed by atoms with Gasteiger partial charge < -0.3 is 20.3 Å². The Balaban J connectivity index is 1.90. The molecular formula is C13H14N4O4. The number of aromatic carboxylic acids is 1. The molecule has 0 unspecified atom stereocenters. The highest BCUT2D eigenvalue weighted by Gasteiger charge is 2.09. The molecule has 0 atom stereocenters. The van der Waals surface area contributed by atoms with Gasteiger partial charge in [0.2, 0.25) is 5.89 Å². The number of carboxylic acid groups (broad SMARTS) is 1. The molecule has 0 spiro atoms. The minimum absolute atomic E-state index is 0.113. The molecule has 2 rings (SSSR count). The molecule has 1 aromatic carbocycles. The Bertz CT molecular complexity index is 640. The number of carboxylic acids is 1. The summed E-state index contributed by atoms with van der Waals surface area (Å²) in [5, 5.41) is 17.6. The van der Waals surface area contributed by atoms with E-state index in [0.29, 0.717) is 24.5 Å². The molecule has 8 nitrogen and oxygen atoms in total. The molecule has 2 aromatic rings. The maximum absolute atomic E-state index is 11.7. The van der Waals surface area contributed by atoms with Gasteiger partial charge in [0.15, 0.2) is 6.33 Å². The number of aryl methyl sites for hydroxylation is 1. The number of urea groups is 1. The first-order valence-corrected chi connectivity index (χ1v) is 6.20. The second kappa shape index (κ2) is 6.51. The fourth-order valence-electron chi connectivity index (χ4n) is 1.65. The normalized spacial score (nSPS) is 10.1. The maximum Gasteiger partial charge on any atom is 0.335 e. The van der Waals surface area contributed by atoms with Crippen molar-refractivity contribution in [3.63, 3.8) is 0 Å². The number of hydrogen-bond acceptors (Lipinski definition) is 5.